The maximum absolute atomic E-state index is 12.2. The highest BCUT2D eigenvalue weighted by Gasteiger charge is 2.25. The van der Waals surface area contributed by atoms with Gasteiger partial charge < -0.3 is 18.9 Å². The van der Waals surface area contributed by atoms with Crippen LogP contribution in [0.5, 0.6) is 5.75 Å². The van der Waals surface area contributed by atoms with Crippen LogP contribution in [0, 0.1) is 31.6 Å². The second kappa shape index (κ2) is 9.58. The second-order valence-electron chi connectivity index (χ2n) is 6.55. The number of nitro benzene ring substituents is 1. The van der Waals surface area contributed by atoms with Gasteiger partial charge in [-0.15, -0.1) is 0 Å². The van der Waals surface area contributed by atoms with Crippen LogP contribution < -0.4 is 10.3 Å². The van der Waals surface area contributed by atoms with Gasteiger partial charge in [0, 0.05) is 13.2 Å². The molecule has 12 nitrogen and oxygen atoms in total. The van der Waals surface area contributed by atoms with Crippen LogP contribution in [-0.4, -0.2) is 29.1 Å². The third kappa shape index (κ3) is 4.63. The van der Waals surface area contributed by atoms with Crippen molar-refractivity contribution < 1.29 is 23.7 Å². The van der Waals surface area contributed by atoms with Crippen molar-refractivity contribution >= 4 is 23.5 Å². The first-order chi connectivity index (χ1) is 15.8. The van der Waals surface area contributed by atoms with Crippen LogP contribution in [0.1, 0.15) is 22.6 Å². The fraction of sp³-hybridized carbons (Fsp3) is 0.143. The molecule has 168 valence electrons. The lowest BCUT2D eigenvalue weighted by molar-refractivity contribution is -0.386. The largest absolute Gasteiger partial charge is 0.496 e. The molecule has 0 saturated heterocycles. The molecule has 0 aliphatic carbocycles. The number of aromatic nitrogens is 1. The van der Waals surface area contributed by atoms with Gasteiger partial charge in [0.15, 0.2) is 0 Å². The number of nitrogens with zero attached hydrogens (tertiary/aromatic N) is 3. The molecule has 0 atom stereocenters. The van der Waals surface area contributed by atoms with Gasteiger partial charge in [0.25, 0.3) is 16.9 Å². The number of rotatable bonds is 8. The van der Waals surface area contributed by atoms with Crippen LogP contribution >= 0.6 is 0 Å². The van der Waals surface area contributed by atoms with Gasteiger partial charge in [-0.25, -0.2) is 0 Å². The number of pyridine rings is 1. The minimum atomic E-state index is -0.787. The molecule has 33 heavy (non-hydrogen) atoms. The van der Waals surface area contributed by atoms with E-state index in [-0.39, 0.29) is 35.1 Å². The Morgan fingerprint density at radius 3 is 2.52 bits per heavy atom. The summed E-state index contributed by atoms with van der Waals surface area (Å²) >= 11 is 0. The molecule has 0 radical (unpaired) electrons. The van der Waals surface area contributed by atoms with Crippen molar-refractivity contribution in [2.24, 2.45) is 0 Å². The molecule has 0 aliphatic rings. The summed E-state index contributed by atoms with van der Waals surface area (Å²) in [6, 6.07) is 8.86. The number of nitriles is 1. The van der Waals surface area contributed by atoms with Gasteiger partial charge in [0.1, 0.15) is 34.6 Å². The van der Waals surface area contributed by atoms with Crippen LogP contribution in [0.25, 0.3) is 23.5 Å². The Balaban J connectivity index is 2.02. The maximum atomic E-state index is 12.2. The molecular formula is C21H16N4O8. The first kappa shape index (κ1) is 22.9. The van der Waals surface area contributed by atoms with Crippen LogP contribution in [0.4, 0.5) is 11.4 Å². The predicted octanol–water partition coefficient (Wildman–Crippen LogP) is 3.65. The Kier molecular flexibility index (Phi) is 6.65. The number of aromatic amines is 1. The average molecular weight is 452 g/mol. The number of hydrogen-bond donors (Lipinski definition) is 1. The number of nitro groups is 2. The molecule has 3 aromatic rings. The Bertz CT molecular complexity index is 1360. The van der Waals surface area contributed by atoms with Crippen molar-refractivity contribution in [1.82, 2.24) is 4.98 Å². The number of ether oxygens (including phenoxy) is 2. The molecule has 2 heterocycles. The number of nitrogens with one attached hydrogen (secondary N) is 1. The standard InChI is InChI=1S/C21H16N4O8/c1-31-11-16-15(10-22)21(26)23-17(20(16)25(29)30)7-4-13-5-8-18(33-13)14-6-3-12(24(27)28)9-19(14)32-2/h3-9H,11H2,1-2H3,(H,23,26)/b7-4+. The number of methoxy groups -OCH3 is 2. The van der Waals surface area contributed by atoms with E-state index in [1.165, 1.54) is 44.6 Å². The van der Waals surface area contributed by atoms with E-state index < -0.39 is 26.7 Å². The summed E-state index contributed by atoms with van der Waals surface area (Å²) in [6.07, 6.45) is 2.66. The summed E-state index contributed by atoms with van der Waals surface area (Å²) in [5, 5.41) is 31.8. The van der Waals surface area contributed by atoms with Crippen LogP contribution in [0.3, 0.4) is 0 Å². The zero-order valence-corrected chi connectivity index (χ0v) is 17.4. The maximum Gasteiger partial charge on any atom is 0.299 e. The number of furan rings is 1. The molecule has 0 fully saturated rings. The van der Waals surface area contributed by atoms with E-state index in [9.17, 15) is 30.3 Å². The molecule has 2 aromatic heterocycles. The molecule has 0 aliphatic heterocycles. The monoisotopic (exact) mass is 452 g/mol. The van der Waals surface area contributed by atoms with Gasteiger partial charge in [-0.2, -0.15) is 5.26 Å². The zero-order valence-electron chi connectivity index (χ0n) is 17.4. The minimum absolute atomic E-state index is 0.135. The highest BCUT2D eigenvalue weighted by Crippen LogP contribution is 2.34. The van der Waals surface area contributed by atoms with Gasteiger partial charge in [-0.05, 0) is 30.4 Å². The first-order valence-electron chi connectivity index (χ1n) is 9.24. The quantitative estimate of drug-likeness (QED) is 0.395. The fourth-order valence-electron chi connectivity index (χ4n) is 3.14. The molecule has 0 saturated carbocycles. The van der Waals surface area contributed by atoms with E-state index in [0.717, 1.165) is 0 Å². The Morgan fingerprint density at radius 1 is 1.15 bits per heavy atom. The number of benzene rings is 1. The summed E-state index contributed by atoms with van der Waals surface area (Å²) in [7, 11) is 2.66. The van der Waals surface area contributed by atoms with E-state index in [4.69, 9.17) is 13.9 Å². The van der Waals surface area contributed by atoms with Crippen LogP contribution in [0.15, 0.2) is 39.5 Å². The van der Waals surface area contributed by atoms with Gasteiger partial charge in [-0.1, -0.05) is 0 Å². The summed E-state index contributed by atoms with van der Waals surface area (Å²) in [5.74, 6) is 0.841. The lowest BCUT2D eigenvalue weighted by Gasteiger charge is -2.06. The molecule has 3 rings (SSSR count). The zero-order chi connectivity index (χ0) is 24.1. The smallest absolute Gasteiger partial charge is 0.299 e. The van der Waals surface area contributed by atoms with E-state index in [0.29, 0.717) is 11.3 Å². The molecule has 0 spiro atoms. The van der Waals surface area contributed by atoms with Crippen molar-refractivity contribution in [3.8, 4) is 23.1 Å². The van der Waals surface area contributed by atoms with Crippen molar-refractivity contribution in [1.29, 1.82) is 5.26 Å². The molecule has 0 bridgehead atoms. The topological polar surface area (TPSA) is 175 Å². The molecule has 0 amide bonds. The van der Waals surface area contributed by atoms with Crippen molar-refractivity contribution in [3.05, 3.63) is 83.5 Å². The normalized spacial score (nSPS) is 10.8. The first-order valence-corrected chi connectivity index (χ1v) is 9.24. The molecule has 1 N–H and O–H groups in total. The van der Waals surface area contributed by atoms with Crippen molar-refractivity contribution in [2.75, 3.05) is 14.2 Å². The third-order valence-electron chi connectivity index (χ3n) is 4.60. The number of non-ortho nitro benzene ring substituents is 1. The van der Waals surface area contributed by atoms with Gasteiger partial charge in [-0.3, -0.25) is 25.0 Å². The minimum Gasteiger partial charge on any atom is -0.496 e. The van der Waals surface area contributed by atoms with E-state index in [1.807, 2.05) is 0 Å². The summed E-state index contributed by atoms with van der Waals surface area (Å²) in [5.41, 5.74) is -1.61. The van der Waals surface area contributed by atoms with E-state index in [2.05, 4.69) is 4.98 Å². The molecule has 12 heteroatoms. The third-order valence-corrected chi connectivity index (χ3v) is 4.60. The Hall–Kier alpha value is -4.76. The van der Waals surface area contributed by atoms with Crippen LogP contribution in [-0.2, 0) is 11.3 Å². The predicted molar refractivity (Wildman–Crippen MR) is 115 cm³/mol. The van der Waals surface area contributed by atoms with Gasteiger partial charge >= 0.3 is 0 Å². The van der Waals surface area contributed by atoms with E-state index in [1.54, 1.807) is 18.2 Å². The number of H-pyrrole nitrogens is 1. The molecular weight excluding hydrogens is 436 g/mol. The van der Waals surface area contributed by atoms with E-state index >= 15 is 0 Å². The Labute approximate surface area is 185 Å². The molecule has 0 unspecified atom stereocenters. The summed E-state index contributed by atoms with van der Waals surface area (Å²) in [4.78, 5) is 35.9. The van der Waals surface area contributed by atoms with Crippen LogP contribution in [0.2, 0.25) is 0 Å². The number of hydrogen-bond acceptors (Lipinski definition) is 9. The highest BCUT2D eigenvalue weighted by atomic mass is 16.6. The Morgan fingerprint density at radius 2 is 1.91 bits per heavy atom. The summed E-state index contributed by atoms with van der Waals surface area (Å²) in [6.45, 7) is -0.297. The van der Waals surface area contributed by atoms with Crippen molar-refractivity contribution in [3.63, 3.8) is 0 Å². The summed E-state index contributed by atoms with van der Waals surface area (Å²) < 4.78 is 15.8. The lowest BCUT2D eigenvalue weighted by Crippen LogP contribution is -2.18. The average Bonchev–Trinajstić information content (AvgIpc) is 3.26. The lowest BCUT2D eigenvalue weighted by atomic mass is 10.1. The highest BCUT2D eigenvalue weighted by molar-refractivity contribution is 5.74. The van der Waals surface area contributed by atoms with Crippen molar-refractivity contribution in [2.45, 2.75) is 6.61 Å². The fourth-order valence-corrected chi connectivity index (χ4v) is 3.14. The van der Waals surface area contributed by atoms with Gasteiger partial charge in [0.05, 0.1) is 40.8 Å². The molecule has 1 aromatic carbocycles. The second-order valence-corrected chi connectivity index (χ2v) is 6.55. The SMILES string of the molecule is COCc1c([N+](=O)[O-])c(/C=C/c2ccc(-c3ccc([N+](=O)[O-])cc3OC)o2)[nH]c(=O)c1C#N. The van der Waals surface area contributed by atoms with Gasteiger partial charge in [0.2, 0.25) is 0 Å².